The summed E-state index contributed by atoms with van der Waals surface area (Å²) in [6.45, 7) is 2.53. The van der Waals surface area contributed by atoms with E-state index in [1.807, 2.05) is 30.3 Å². The number of hydrogen-bond donors (Lipinski definition) is 1. The van der Waals surface area contributed by atoms with Crippen molar-refractivity contribution in [2.75, 3.05) is 7.11 Å². The summed E-state index contributed by atoms with van der Waals surface area (Å²) in [5.74, 6) is 1.58. The number of rotatable bonds is 6. The number of aryl methyl sites for hydroxylation is 1. The summed E-state index contributed by atoms with van der Waals surface area (Å²) < 4.78 is 11.3. The molecule has 0 amide bonds. The summed E-state index contributed by atoms with van der Waals surface area (Å²) in [7, 11) is 1.60. The van der Waals surface area contributed by atoms with E-state index in [0.29, 0.717) is 18.1 Å². The van der Waals surface area contributed by atoms with Gasteiger partial charge < -0.3 is 15.2 Å². The molecule has 25 heavy (non-hydrogen) atoms. The molecule has 0 saturated carbocycles. The summed E-state index contributed by atoms with van der Waals surface area (Å²) in [5, 5.41) is 10.9. The molecule has 7 heteroatoms. The third-order valence-corrected chi connectivity index (χ3v) is 3.65. The molecule has 1 unspecified atom stereocenters. The molecule has 128 valence electrons. The van der Waals surface area contributed by atoms with E-state index < -0.39 is 6.17 Å². The molecular weight excluding hydrogens is 318 g/mol. The van der Waals surface area contributed by atoms with Crippen LogP contribution < -0.4 is 15.2 Å². The van der Waals surface area contributed by atoms with E-state index in [1.54, 1.807) is 13.3 Å². The number of aliphatic imine (C=N–C) groups is 1. The Hall–Kier alpha value is -3.22. The largest absolute Gasteiger partial charge is 0.493 e. The molecule has 3 rings (SSSR count). The van der Waals surface area contributed by atoms with E-state index in [0.717, 1.165) is 11.1 Å². The molecule has 0 saturated heterocycles. The van der Waals surface area contributed by atoms with Crippen LogP contribution in [0.5, 0.6) is 11.5 Å². The maximum atomic E-state index is 5.86. The van der Waals surface area contributed by atoms with E-state index in [2.05, 4.69) is 39.5 Å². The van der Waals surface area contributed by atoms with Gasteiger partial charge in [-0.25, -0.2) is 0 Å². The molecule has 7 nitrogen and oxygen atoms in total. The van der Waals surface area contributed by atoms with Crippen LogP contribution in [0, 0.1) is 6.92 Å². The minimum absolute atomic E-state index is 0.279. The predicted octanol–water partition coefficient (Wildman–Crippen LogP) is 3.07. The molecule has 0 spiro atoms. The van der Waals surface area contributed by atoms with Gasteiger partial charge in [-0.05, 0) is 41.5 Å². The highest BCUT2D eigenvalue weighted by atomic mass is 16.5. The predicted molar refractivity (Wildman–Crippen MR) is 96.4 cm³/mol. The maximum absolute atomic E-state index is 5.86. The molecule has 0 fully saturated rings. The van der Waals surface area contributed by atoms with Crippen LogP contribution >= 0.6 is 0 Å². The zero-order chi connectivity index (χ0) is 17.6. The van der Waals surface area contributed by atoms with E-state index in [-0.39, 0.29) is 5.84 Å². The molecule has 0 aromatic heterocycles. The number of ether oxygens (including phenoxy) is 2. The van der Waals surface area contributed by atoms with E-state index in [9.17, 15) is 0 Å². The van der Waals surface area contributed by atoms with Gasteiger partial charge in [-0.15, -0.1) is 10.2 Å². The Balaban J connectivity index is 1.69. The normalized spacial score (nSPS) is 16.2. The minimum Gasteiger partial charge on any atom is -0.493 e. The van der Waals surface area contributed by atoms with Gasteiger partial charge >= 0.3 is 0 Å². The van der Waals surface area contributed by atoms with Crippen molar-refractivity contribution < 1.29 is 9.47 Å². The summed E-state index contributed by atoms with van der Waals surface area (Å²) in [6.07, 6.45) is 1.10. The fraction of sp³-hybridized carbons (Fsp3) is 0.222. The summed E-state index contributed by atoms with van der Waals surface area (Å²) in [6, 6.07) is 13.8. The monoisotopic (exact) mass is 337 g/mol. The van der Waals surface area contributed by atoms with Crippen molar-refractivity contribution in [3.8, 4) is 11.5 Å². The van der Waals surface area contributed by atoms with E-state index in [4.69, 9.17) is 15.2 Å². The molecule has 1 aliphatic heterocycles. The molecular formula is C18H19N5O2. The molecule has 1 atom stereocenters. The third-order valence-electron chi connectivity index (χ3n) is 3.65. The number of nitrogens with zero attached hydrogens (tertiary/aromatic N) is 4. The van der Waals surface area contributed by atoms with Crippen LogP contribution in [0.4, 0.5) is 0 Å². The van der Waals surface area contributed by atoms with Crippen molar-refractivity contribution in [3.05, 3.63) is 59.2 Å². The molecule has 1 heterocycles. The van der Waals surface area contributed by atoms with Crippen LogP contribution in [0.1, 0.15) is 16.7 Å². The highest BCUT2D eigenvalue weighted by Crippen LogP contribution is 2.28. The smallest absolute Gasteiger partial charge is 0.220 e. The van der Waals surface area contributed by atoms with Gasteiger partial charge in [0, 0.05) is 6.21 Å². The van der Waals surface area contributed by atoms with Crippen molar-refractivity contribution in [1.29, 1.82) is 0 Å². The first-order valence-electron chi connectivity index (χ1n) is 7.78. The van der Waals surface area contributed by atoms with Crippen LogP contribution in [0.3, 0.4) is 0 Å². The fourth-order valence-corrected chi connectivity index (χ4v) is 2.23. The highest BCUT2D eigenvalue weighted by molar-refractivity contribution is 5.89. The molecule has 0 radical (unpaired) electrons. The molecule has 2 aromatic carbocycles. The number of amidine groups is 1. The average Bonchev–Trinajstić information content (AvgIpc) is 3.04. The first kappa shape index (κ1) is 16.6. The topological polar surface area (TPSA) is 93.9 Å². The van der Waals surface area contributed by atoms with Gasteiger partial charge in [-0.1, -0.05) is 29.8 Å². The molecule has 0 bridgehead atoms. The third kappa shape index (κ3) is 4.20. The number of nitrogens with two attached hydrogens (primary N) is 1. The second kappa shape index (κ2) is 7.57. The fourth-order valence-electron chi connectivity index (χ4n) is 2.23. The molecule has 1 aliphatic rings. The first-order chi connectivity index (χ1) is 12.2. The van der Waals surface area contributed by atoms with Gasteiger partial charge in [0.05, 0.1) is 7.11 Å². The van der Waals surface area contributed by atoms with E-state index in [1.165, 1.54) is 5.56 Å². The van der Waals surface area contributed by atoms with Gasteiger partial charge in [0.25, 0.3) is 0 Å². The van der Waals surface area contributed by atoms with Gasteiger partial charge in [0.1, 0.15) is 6.61 Å². The summed E-state index contributed by atoms with van der Waals surface area (Å²) in [5.41, 5.74) is 8.79. The van der Waals surface area contributed by atoms with E-state index >= 15 is 0 Å². The second-order valence-electron chi connectivity index (χ2n) is 5.57. The Bertz CT molecular complexity index is 828. The molecule has 2 N–H and O–H groups in total. The second-order valence-corrected chi connectivity index (χ2v) is 5.57. The zero-order valence-electron chi connectivity index (χ0n) is 14.1. The van der Waals surface area contributed by atoms with Crippen molar-refractivity contribution in [2.45, 2.75) is 19.7 Å². The van der Waals surface area contributed by atoms with Crippen molar-refractivity contribution >= 4 is 12.1 Å². The SMILES string of the molecule is COc1cc(C=NC2N=NN=C2N)ccc1OCc1ccc(C)cc1. The van der Waals surface area contributed by atoms with Crippen molar-refractivity contribution in [3.63, 3.8) is 0 Å². The Morgan fingerprint density at radius 3 is 2.64 bits per heavy atom. The van der Waals surface area contributed by atoms with Crippen LogP contribution in [0.2, 0.25) is 0 Å². The summed E-state index contributed by atoms with van der Waals surface area (Å²) >= 11 is 0. The van der Waals surface area contributed by atoms with Gasteiger partial charge in [0.15, 0.2) is 17.3 Å². The quantitative estimate of drug-likeness (QED) is 0.821. The Morgan fingerprint density at radius 1 is 1.16 bits per heavy atom. The zero-order valence-corrected chi connectivity index (χ0v) is 14.1. The first-order valence-corrected chi connectivity index (χ1v) is 7.78. The van der Waals surface area contributed by atoms with Crippen LogP contribution in [-0.4, -0.2) is 25.3 Å². The highest BCUT2D eigenvalue weighted by Gasteiger charge is 2.14. The van der Waals surface area contributed by atoms with Gasteiger partial charge in [-0.3, -0.25) is 4.99 Å². The summed E-state index contributed by atoms with van der Waals surface area (Å²) in [4.78, 5) is 4.24. The van der Waals surface area contributed by atoms with Gasteiger partial charge in [-0.2, -0.15) is 0 Å². The van der Waals surface area contributed by atoms with Crippen molar-refractivity contribution in [1.82, 2.24) is 0 Å². The van der Waals surface area contributed by atoms with Gasteiger partial charge in [0.2, 0.25) is 6.17 Å². The average molecular weight is 337 g/mol. The Kier molecular flexibility index (Phi) is 5.03. The van der Waals surface area contributed by atoms with Crippen LogP contribution in [0.15, 0.2) is 62.9 Å². The Labute approximate surface area is 145 Å². The lowest BCUT2D eigenvalue weighted by atomic mass is 10.2. The molecule has 0 aliphatic carbocycles. The Morgan fingerprint density at radius 2 is 1.96 bits per heavy atom. The van der Waals surface area contributed by atoms with Crippen LogP contribution in [-0.2, 0) is 6.61 Å². The number of benzene rings is 2. The van der Waals surface area contributed by atoms with Crippen LogP contribution in [0.25, 0.3) is 0 Å². The minimum atomic E-state index is -0.552. The maximum Gasteiger partial charge on any atom is 0.220 e. The lowest BCUT2D eigenvalue weighted by Crippen LogP contribution is -2.22. The number of hydrogen-bond acceptors (Lipinski definition) is 7. The standard InChI is InChI=1S/C18H19N5O2/c1-12-3-5-13(6-4-12)11-25-15-8-7-14(9-16(15)24-2)10-20-18-17(19)21-23-22-18/h3-10,18H,11H2,1-2H3,(H2,19,21,22). The van der Waals surface area contributed by atoms with Crippen molar-refractivity contribution in [2.24, 2.45) is 26.2 Å². The number of methoxy groups -OCH3 is 1. The lowest BCUT2D eigenvalue weighted by Gasteiger charge is -2.11. The lowest BCUT2D eigenvalue weighted by molar-refractivity contribution is 0.284. The molecule has 2 aromatic rings.